The Morgan fingerprint density at radius 1 is 1.52 bits per heavy atom. The molecule has 0 radical (unpaired) electrons. The van der Waals surface area contributed by atoms with Crippen LogP contribution >= 0.6 is 11.3 Å². The van der Waals surface area contributed by atoms with Crippen molar-refractivity contribution in [2.75, 3.05) is 13.6 Å². The van der Waals surface area contributed by atoms with Crippen molar-refractivity contribution in [3.63, 3.8) is 0 Å². The number of rotatable bonds is 4. The van der Waals surface area contributed by atoms with Crippen molar-refractivity contribution in [2.45, 2.75) is 32.2 Å². The van der Waals surface area contributed by atoms with Crippen LogP contribution in [0.2, 0.25) is 0 Å². The molecule has 2 aromatic heterocycles. The summed E-state index contributed by atoms with van der Waals surface area (Å²) in [5.74, 6) is -0.154. The maximum Gasteiger partial charge on any atom is 0.254 e. The van der Waals surface area contributed by atoms with E-state index in [-0.39, 0.29) is 17.9 Å². The number of aromatic nitrogens is 3. The minimum absolute atomic E-state index is 0.0373. The molecular weight excluding hydrogens is 314 g/mol. The van der Waals surface area contributed by atoms with Crippen molar-refractivity contribution in [3.8, 4) is 0 Å². The number of nitrogens with one attached hydrogen (secondary N) is 2. The van der Waals surface area contributed by atoms with Crippen LogP contribution in [0.5, 0.6) is 0 Å². The van der Waals surface area contributed by atoms with Gasteiger partial charge in [0.1, 0.15) is 0 Å². The number of nitrogens with zero attached hydrogens (tertiary/aromatic N) is 3. The highest BCUT2D eigenvalue weighted by molar-refractivity contribution is 7.09. The highest BCUT2D eigenvalue weighted by Crippen LogP contribution is 2.33. The number of carbonyl (C=O) groups is 2. The molecule has 0 aliphatic carbocycles. The van der Waals surface area contributed by atoms with Crippen molar-refractivity contribution in [1.82, 2.24) is 25.4 Å². The number of carbonyl (C=O) groups excluding carboxylic acids is 2. The van der Waals surface area contributed by atoms with Crippen molar-refractivity contribution >= 4 is 23.2 Å². The Kier molecular flexibility index (Phi) is 4.42. The van der Waals surface area contributed by atoms with E-state index < -0.39 is 0 Å². The van der Waals surface area contributed by atoms with E-state index in [2.05, 4.69) is 20.5 Å². The molecule has 1 aliphatic rings. The van der Waals surface area contributed by atoms with Gasteiger partial charge in [0.05, 0.1) is 40.6 Å². The van der Waals surface area contributed by atoms with E-state index in [9.17, 15) is 9.59 Å². The maximum atomic E-state index is 12.6. The lowest BCUT2D eigenvalue weighted by Crippen LogP contribution is -2.33. The summed E-state index contributed by atoms with van der Waals surface area (Å²) in [7, 11) is 1.58. The third-order valence-electron chi connectivity index (χ3n) is 4.05. The summed E-state index contributed by atoms with van der Waals surface area (Å²) in [6.07, 6.45) is 3.55. The van der Waals surface area contributed by atoms with Crippen LogP contribution in [0.4, 0.5) is 0 Å². The quantitative estimate of drug-likeness (QED) is 0.886. The monoisotopic (exact) mass is 333 g/mol. The smallest absolute Gasteiger partial charge is 0.254 e. The first kappa shape index (κ1) is 15.7. The molecule has 0 saturated carbocycles. The molecule has 0 spiro atoms. The molecule has 7 nitrogen and oxygen atoms in total. The molecule has 0 bridgehead atoms. The van der Waals surface area contributed by atoms with E-state index in [1.54, 1.807) is 18.4 Å². The van der Waals surface area contributed by atoms with E-state index in [1.165, 1.54) is 6.20 Å². The normalized spacial score (nSPS) is 17.5. The molecule has 8 heteroatoms. The first-order valence-electron chi connectivity index (χ1n) is 7.56. The minimum atomic E-state index is -0.192. The summed E-state index contributed by atoms with van der Waals surface area (Å²) in [6.45, 7) is 2.62. The SMILES string of the molecule is CNC(=O)c1cn[nH]c1C1CCCN1C(=O)Cc1csc(C)n1. The summed E-state index contributed by atoms with van der Waals surface area (Å²) in [6, 6.07) is -0.128. The summed E-state index contributed by atoms with van der Waals surface area (Å²) >= 11 is 1.55. The standard InChI is InChI=1S/C15H19N5O2S/c1-9-18-10(8-23-9)6-13(21)20-5-3-4-12(20)14-11(7-17-19-14)15(22)16-2/h7-8,12H,3-6H2,1-2H3,(H,16,22)(H,17,19). The van der Waals surface area contributed by atoms with Crippen LogP contribution in [0.25, 0.3) is 0 Å². The first-order chi connectivity index (χ1) is 11.1. The number of hydrogen-bond donors (Lipinski definition) is 2. The van der Waals surface area contributed by atoms with Gasteiger partial charge in [-0.15, -0.1) is 11.3 Å². The van der Waals surface area contributed by atoms with E-state index >= 15 is 0 Å². The van der Waals surface area contributed by atoms with Crippen molar-refractivity contribution < 1.29 is 9.59 Å². The van der Waals surface area contributed by atoms with Crippen molar-refractivity contribution in [3.05, 3.63) is 33.5 Å². The number of likely N-dealkylation sites (tertiary alicyclic amines) is 1. The highest BCUT2D eigenvalue weighted by Gasteiger charge is 2.33. The molecule has 1 saturated heterocycles. The van der Waals surface area contributed by atoms with Gasteiger partial charge in [0.25, 0.3) is 5.91 Å². The number of thiazole rings is 1. The van der Waals surface area contributed by atoms with Crippen LogP contribution in [0.1, 0.15) is 45.6 Å². The largest absolute Gasteiger partial charge is 0.355 e. The van der Waals surface area contributed by atoms with Gasteiger partial charge < -0.3 is 10.2 Å². The summed E-state index contributed by atoms with van der Waals surface area (Å²) in [5.41, 5.74) is 2.02. The van der Waals surface area contributed by atoms with E-state index in [4.69, 9.17) is 0 Å². The van der Waals surface area contributed by atoms with Gasteiger partial charge in [0.2, 0.25) is 5.91 Å². The van der Waals surface area contributed by atoms with Gasteiger partial charge in [-0.2, -0.15) is 5.10 Å². The van der Waals surface area contributed by atoms with Crippen LogP contribution in [0.15, 0.2) is 11.6 Å². The Hall–Kier alpha value is -2.22. The van der Waals surface area contributed by atoms with Gasteiger partial charge in [-0.05, 0) is 19.8 Å². The van der Waals surface area contributed by atoms with Crippen LogP contribution in [0.3, 0.4) is 0 Å². The van der Waals surface area contributed by atoms with Gasteiger partial charge in [-0.1, -0.05) is 0 Å². The van der Waals surface area contributed by atoms with Crippen molar-refractivity contribution in [2.24, 2.45) is 0 Å². The zero-order valence-corrected chi connectivity index (χ0v) is 13.9. The van der Waals surface area contributed by atoms with Crippen LogP contribution in [-0.2, 0) is 11.2 Å². The lowest BCUT2D eigenvalue weighted by atomic mass is 10.1. The Morgan fingerprint density at radius 2 is 2.35 bits per heavy atom. The Bertz CT molecular complexity index is 723. The number of hydrogen-bond acceptors (Lipinski definition) is 5. The molecule has 23 heavy (non-hydrogen) atoms. The number of aromatic amines is 1. The average molecular weight is 333 g/mol. The van der Waals surface area contributed by atoms with Gasteiger partial charge in [0, 0.05) is 19.0 Å². The molecule has 1 atom stereocenters. The van der Waals surface area contributed by atoms with Gasteiger partial charge in [0.15, 0.2) is 0 Å². The molecule has 3 rings (SSSR count). The average Bonchev–Trinajstić information content (AvgIpc) is 3.25. The Balaban J connectivity index is 1.79. The van der Waals surface area contributed by atoms with Gasteiger partial charge >= 0.3 is 0 Å². The zero-order valence-electron chi connectivity index (χ0n) is 13.1. The van der Waals surface area contributed by atoms with Gasteiger partial charge in [-0.3, -0.25) is 14.7 Å². The fourth-order valence-electron chi connectivity index (χ4n) is 2.98. The Morgan fingerprint density at radius 3 is 3.04 bits per heavy atom. The van der Waals surface area contributed by atoms with E-state index in [0.717, 1.165) is 23.5 Å². The fourth-order valence-corrected chi connectivity index (χ4v) is 3.59. The van der Waals surface area contributed by atoms with E-state index in [0.29, 0.717) is 24.2 Å². The topological polar surface area (TPSA) is 91.0 Å². The predicted octanol–water partition coefficient (Wildman–Crippen LogP) is 1.44. The highest BCUT2D eigenvalue weighted by atomic mass is 32.1. The molecular formula is C15H19N5O2S. The maximum absolute atomic E-state index is 12.6. The molecule has 2 amide bonds. The summed E-state index contributed by atoms with van der Waals surface area (Å²) < 4.78 is 0. The number of aryl methyl sites for hydroxylation is 1. The molecule has 122 valence electrons. The molecule has 2 aromatic rings. The lowest BCUT2D eigenvalue weighted by molar-refractivity contribution is -0.131. The molecule has 1 aliphatic heterocycles. The summed E-state index contributed by atoms with van der Waals surface area (Å²) in [4.78, 5) is 30.8. The van der Waals surface area contributed by atoms with Crippen LogP contribution in [0, 0.1) is 6.92 Å². The molecule has 1 fully saturated rings. The molecule has 2 N–H and O–H groups in total. The molecule has 3 heterocycles. The minimum Gasteiger partial charge on any atom is -0.355 e. The zero-order chi connectivity index (χ0) is 16.4. The van der Waals surface area contributed by atoms with Gasteiger partial charge in [-0.25, -0.2) is 4.98 Å². The molecule has 1 unspecified atom stereocenters. The third-order valence-corrected chi connectivity index (χ3v) is 4.87. The Labute approximate surface area is 138 Å². The third kappa shape index (κ3) is 3.12. The fraction of sp³-hybridized carbons (Fsp3) is 0.467. The molecule has 0 aromatic carbocycles. The predicted molar refractivity (Wildman–Crippen MR) is 86.2 cm³/mol. The van der Waals surface area contributed by atoms with E-state index in [1.807, 2.05) is 17.2 Å². The number of amides is 2. The van der Waals surface area contributed by atoms with Crippen LogP contribution in [-0.4, -0.2) is 45.5 Å². The van der Waals surface area contributed by atoms with Crippen molar-refractivity contribution in [1.29, 1.82) is 0 Å². The number of H-pyrrole nitrogens is 1. The first-order valence-corrected chi connectivity index (χ1v) is 8.44. The van der Waals surface area contributed by atoms with Crippen LogP contribution < -0.4 is 5.32 Å². The second kappa shape index (κ2) is 6.49. The summed E-state index contributed by atoms with van der Waals surface area (Å²) in [5, 5.41) is 12.4. The lowest BCUT2D eigenvalue weighted by Gasteiger charge is -2.24. The second-order valence-corrected chi connectivity index (χ2v) is 6.62. The second-order valence-electron chi connectivity index (χ2n) is 5.56.